The summed E-state index contributed by atoms with van der Waals surface area (Å²) < 4.78 is 12.9. The second-order valence-corrected chi connectivity index (χ2v) is 4.91. The first-order valence-corrected chi connectivity index (χ1v) is 6.67. The van der Waals surface area contributed by atoms with Crippen LogP contribution in [0, 0.1) is 5.82 Å². The van der Waals surface area contributed by atoms with Crippen molar-refractivity contribution in [3.05, 3.63) is 70.5 Å². The van der Waals surface area contributed by atoms with Gasteiger partial charge in [0.1, 0.15) is 5.82 Å². The van der Waals surface area contributed by atoms with Gasteiger partial charge in [0.15, 0.2) is 0 Å². The fraction of sp³-hybridized carbons (Fsp3) is 0.200. The minimum absolute atomic E-state index is 0.146. The number of halogens is 3. The molecular weight excluding hydrogens is 270 g/mol. The predicted molar refractivity (Wildman–Crippen MR) is 75.0 cm³/mol. The molecule has 0 aromatic heterocycles. The van der Waals surface area contributed by atoms with E-state index in [9.17, 15) is 4.39 Å². The zero-order chi connectivity index (χ0) is 13.0. The van der Waals surface area contributed by atoms with E-state index >= 15 is 0 Å². The maximum atomic E-state index is 12.9. The molecule has 0 nitrogen and oxygen atoms in total. The van der Waals surface area contributed by atoms with Crippen molar-refractivity contribution in [1.29, 1.82) is 0 Å². The Morgan fingerprint density at radius 3 is 2.28 bits per heavy atom. The van der Waals surface area contributed by atoms with Crippen molar-refractivity contribution in [3.8, 4) is 0 Å². The van der Waals surface area contributed by atoms with Crippen LogP contribution in [0.3, 0.4) is 0 Å². The highest BCUT2D eigenvalue weighted by molar-refractivity contribution is 6.31. The van der Waals surface area contributed by atoms with Crippen molar-refractivity contribution in [3.63, 3.8) is 0 Å². The molecule has 0 saturated carbocycles. The molecule has 0 amide bonds. The minimum Gasteiger partial charge on any atom is -0.207 e. The molecular formula is C15H13Cl2F. The van der Waals surface area contributed by atoms with Gasteiger partial charge in [0.05, 0.1) is 0 Å². The lowest BCUT2D eigenvalue weighted by molar-refractivity contribution is 0.625. The molecule has 0 fully saturated rings. The van der Waals surface area contributed by atoms with E-state index in [2.05, 4.69) is 0 Å². The maximum absolute atomic E-state index is 12.9. The topological polar surface area (TPSA) is 0 Å². The van der Waals surface area contributed by atoms with Crippen molar-refractivity contribution < 1.29 is 4.39 Å². The molecule has 2 rings (SSSR count). The third kappa shape index (κ3) is 3.24. The Balaban J connectivity index is 2.20. The SMILES string of the molecule is Fc1ccc(C(CCl)Cc2ccccc2Cl)cc1. The molecule has 94 valence electrons. The summed E-state index contributed by atoms with van der Waals surface area (Å²) in [6.45, 7) is 0. The fourth-order valence-electron chi connectivity index (χ4n) is 1.93. The van der Waals surface area contributed by atoms with E-state index in [4.69, 9.17) is 23.2 Å². The normalized spacial score (nSPS) is 12.4. The molecule has 1 atom stereocenters. The van der Waals surface area contributed by atoms with E-state index in [0.717, 1.165) is 22.6 Å². The van der Waals surface area contributed by atoms with Gasteiger partial charge < -0.3 is 0 Å². The van der Waals surface area contributed by atoms with E-state index in [1.165, 1.54) is 12.1 Å². The molecule has 0 radical (unpaired) electrons. The van der Waals surface area contributed by atoms with Gasteiger partial charge in [-0.05, 0) is 35.7 Å². The Kier molecular flexibility index (Phi) is 4.62. The van der Waals surface area contributed by atoms with E-state index in [-0.39, 0.29) is 11.7 Å². The van der Waals surface area contributed by atoms with Gasteiger partial charge in [-0.25, -0.2) is 4.39 Å². The second-order valence-electron chi connectivity index (χ2n) is 4.20. The van der Waals surface area contributed by atoms with Gasteiger partial charge in [-0.3, -0.25) is 0 Å². The third-order valence-corrected chi connectivity index (χ3v) is 3.69. The van der Waals surface area contributed by atoms with E-state index in [1.54, 1.807) is 12.1 Å². The van der Waals surface area contributed by atoms with Gasteiger partial charge >= 0.3 is 0 Å². The average molecular weight is 283 g/mol. The molecule has 0 heterocycles. The highest BCUT2D eigenvalue weighted by Crippen LogP contribution is 2.26. The van der Waals surface area contributed by atoms with Crippen LogP contribution in [0.4, 0.5) is 4.39 Å². The van der Waals surface area contributed by atoms with Crippen LogP contribution in [0.5, 0.6) is 0 Å². The van der Waals surface area contributed by atoms with Crippen LogP contribution in [-0.4, -0.2) is 5.88 Å². The Bertz CT molecular complexity index is 508. The first kappa shape index (κ1) is 13.4. The molecule has 0 bridgehead atoms. The van der Waals surface area contributed by atoms with Crippen molar-refractivity contribution in [1.82, 2.24) is 0 Å². The second kappa shape index (κ2) is 6.21. The van der Waals surface area contributed by atoms with Crippen LogP contribution >= 0.6 is 23.2 Å². The highest BCUT2D eigenvalue weighted by Gasteiger charge is 2.13. The zero-order valence-electron chi connectivity index (χ0n) is 9.74. The van der Waals surface area contributed by atoms with Crippen LogP contribution in [0.15, 0.2) is 48.5 Å². The van der Waals surface area contributed by atoms with Crippen LogP contribution in [0.2, 0.25) is 5.02 Å². The number of rotatable bonds is 4. The summed E-state index contributed by atoms with van der Waals surface area (Å²) >= 11 is 12.1. The molecule has 0 aliphatic heterocycles. The molecule has 18 heavy (non-hydrogen) atoms. The van der Waals surface area contributed by atoms with Gasteiger partial charge in [0.2, 0.25) is 0 Å². The Morgan fingerprint density at radius 2 is 1.67 bits per heavy atom. The lowest BCUT2D eigenvalue weighted by atomic mass is 9.93. The average Bonchev–Trinajstić information content (AvgIpc) is 2.39. The molecule has 0 aliphatic carbocycles. The lowest BCUT2D eigenvalue weighted by Gasteiger charge is -2.15. The Labute approximate surface area is 116 Å². The molecule has 1 unspecified atom stereocenters. The maximum Gasteiger partial charge on any atom is 0.123 e. The summed E-state index contributed by atoms with van der Waals surface area (Å²) in [5.41, 5.74) is 2.10. The summed E-state index contributed by atoms with van der Waals surface area (Å²) in [5, 5.41) is 0.745. The standard InChI is InChI=1S/C15H13Cl2F/c16-10-13(11-5-7-14(18)8-6-11)9-12-3-1-2-4-15(12)17/h1-8,13H,9-10H2. The lowest BCUT2D eigenvalue weighted by Crippen LogP contribution is -2.05. The number of hydrogen-bond acceptors (Lipinski definition) is 0. The molecule has 0 aliphatic rings. The summed E-state index contributed by atoms with van der Waals surface area (Å²) in [6.07, 6.45) is 0.759. The summed E-state index contributed by atoms with van der Waals surface area (Å²) in [6, 6.07) is 14.2. The number of hydrogen-bond donors (Lipinski definition) is 0. The molecule has 0 saturated heterocycles. The van der Waals surface area contributed by atoms with E-state index in [0.29, 0.717) is 5.88 Å². The van der Waals surface area contributed by atoms with Gasteiger partial charge in [-0.1, -0.05) is 41.9 Å². The molecule has 2 aromatic carbocycles. The summed E-state index contributed by atoms with van der Waals surface area (Å²) in [7, 11) is 0. The van der Waals surface area contributed by atoms with Crippen LogP contribution in [0.1, 0.15) is 17.0 Å². The van der Waals surface area contributed by atoms with Gasteiger partial charge in [-0.2, -0.15) is 0 Å². The number of alkyl halides is 1. The fourth-order valence-corrected chi connectivity index (χ4v) is 2.43. The number of benzene rings is 2. The van der Waals surface area contributed by atoms with Gasteiger partial charge in [0, 0.05) is 16.8 Å². The zero-order valence-corrected chi connectivity index (χ0v) is 11.3. The Morgan fingerprint density at radius 1 is 1.00 bits per heavy atom. The van der Waals surface area contributed by atoms with Crippen molar-refractivity contribution >= 4 is 23.2 Å². The molecule has 0 N–H and O–H groups in total. The Hall–Kier alpha value is -1.05. The quantitative estimate of drug-likeness (QED) is 0.689. The first-order chi connectivity index (χ1) is 8.70. The van der Waals surface area contributed by atoms with Crippen LogP contribution in [0.25, 0.3) is 0 Å². The minimum atomic E-state index is -0.232. The smallest absolute Gasteiger partial charge is 0.123 e. The first-order valence-electron chi connectivity index (χ1n) is 5.75. The monoisotopic (exact) mass is 282 g/mol. The van der Waals surface area contributed by atoms with Gasteiger partial charge in [-0.15, -0.1) is 11.6 Å². The molecule has 0 spiro atoms. The summed E-state index contributed by atoms with van der Waals surface area (Å²) in [5.74, 6) is 0.397. The van der Waals surface area contributed by atoms with Gasteiger partial charge in [0.25, 0.3) is 0 Å². The van der Waals surface area contributed by atoms with Crippen LogP contribution < -0.4 is 0 Å². The van der Waals surface area contributed by atoms with E-state index in [1.807, 2.05) is 24.3 Å². The van der Waals surface area contributed by atoms with Crippen molar-refractivity contribution in [2.24, 2.45) is 0 Å². The largest absolute Gasteiger partial charge is 0.207 e. The predicted octanol–water partition coefficient (Wildman–Crippen LogP) is 5.04. The van der Waals surface area contributed by atoms with Crippen molar-refractivity contribution in [2.75, 3.05) is 5.88 Å². The highest BCUT2D eigenvalue weighted by atomic mass is 35.5. The molecule has 3 heteroatoms. The van der Waals surface area contributed by atoms with Crippen LogP contribution in [-0.2, 0) is 6.42 Å². The summed E-state index contributed by atoms with van der Waals surface area (Å²) in [4.78, 5) is 0. The molecule has 2 aromatic rings. The van der Waals surface area contributed by atoms with E-state index < -0.39 is 0 Å². The van der Waals surface area contributed by atoms with Crippen molar-refractivity contribution in [2.45, 2.75) is 12.3 Å². The third-order valence-electron chi connectivity index (χ3n) is 2.95.